The SMILES string of the molecule is CC(C)CC(C)(O)CNC(=O)C1CCCO1. The van der Waals surface area contributed by atoms with E-state index in [2.05, 4.69) is 19.2 Å². The summed E-state index contributed by atoms with van der Waals surface area (Å²) in [7, 11) is 0. The van der Waals surface area contributed by atoms with Crippen LogP contribution in [0.1, 0.15) is 40.0 Å². The van der Waals surface area contributed by atoms with Crippen LogP contribution in [0.3, 0.4) is 0 Å². The summed E-state index contributed by atoms with van der Waals surface area (Å²) in [5.74, 6) is 0.316. The third-order valence-electron chi connectivity index (χ3n) is 2.71. The zero-order valence-corrected chi connectivity index (χ0v) is 10.5. The van der Waals surface area contributed by atoms with E-state index in [1.165, 1.54) is 0 Å². The van der Waals surface area contributed by atoms with Crippen molar-refractivity contribution in [1.82, 2.24) is 5.32 Å². The summed E-state index contributed by atoms with van der Waals surface area (Å²) >= 11 is 0. The van der Waals surface area contributed by atoms with Crippen LogP contribution >= 0.6 is 0 Å². The molecule has 1 rings (SSSR count). The number of aliphatic hydroxyl groups is 1. The van der Waals surface area contributed by atoms with Gasteiger partial charge in [0.1, 0.15) is 6.10 Å². The van der Waals surface area contributed by atoms with Crippen molar-refractivity contribution in [1.29, 1.82) is 0 Å². The monoisotopic (exact) mass is 229 g/mol. The van der Waals surface area contributed by atoms with E-state index in [4.69, 9.17) is 4.74 Å². The number of carbonyl (C=O) groups is 1. The molecule has 1 heterocycles. The van der Waals surface area contributed by atoms with Crippen molar-refractivity contribution < 1.29 is 14.6 Å². The van der Waals surface area contributed by atoms with Gasteiger partial charge in [-0.2, -0.15) is 0 Å². The quantitative estimate of drug-likeness (QED) is 0.741. The standard InChI is InChI=1S/C12H23NO3/c1-9(2)7-12(3,15)8-13-11(14)10-5-4-6-16-10/h9-10,15H,4-8H2,1-3H3,(H,13,14). The summed E-state index contributed by atoms with van der Waals surface area (Å²) in [6.07, 6.45) is 2.10. The minimum absolute atomic E-state index is 0.0958. The Labute approximate surface area is 97.4 Å². The first-order chi connectivity index (χ1) is 7.41. The first-order valence-corrected chi connectivity index (χ1v) is 6.02. The molecular weight excluding hydrogens is 206 g/mol. The van der Waals surface area contributed by atoms with Gasteiger partial charge in [-0.05, 0) is 32.1 Å². The van der Waals surface area contributed by atoms with Gasteiger partial charge in [-0.3, -0.25) is 4.79 Å². The van der Waals surface area contributed by atoms with Crippen molar-refractivity contribution in [2.75, 3.05) is 13.2 Å². The number of carbonyl (C=O) groups excluding carboxylic acids is 1. The van der Waals surface area contributed by atoms with Gasteiger partial charge >= 0.3 is 0 Å². The molecule has 2 atom stereocenters. The minimum Gasteiger partial charge on any atom is -0.388 e. The summed E-state index contributed by atoms with van der Waals surface area (Å²) in [5, 5.41) is 12.8. The summed E-state index contributed by atoms with van der Waals surface area (Å²) in [6, 6.07) is 0. The van der Waals surface area contributed by atoms with Crippen LogP contribution < -0.4 is 5.32 Å². The molecule has 0 saturated carbocycles. The van der Waals surface area contributed by atoms with Crippen molar-refractivity contribution in [2.24, 2.45) is 5.92 Å². The van der Waals surface area contributed by atoms with Crippen LogP contribution in [0, 0.1) is 5.92 Å². The highest BCUT2D eigenvalue weighted by Crippen LogP contribution is 2.16. The molecule has 0 aromatic carbocycles. The average Bonchev–Trinajstić information content (AvgIpc) is 2.64. The highest BCUT2D eigenvalue weighted by molar-refractivity contribution is 5.81. The fourth-order valence-electron chi connectivity index (χ4n) is 2.13. The van der Waals surface area contributed by atoms with Crippen LogP contribution in [-0.2, 0) is 9.53 Å². The molecule has 94 valence electrons. The van der Waals surface area contributed by atoms with E-state index in [1.807, 2.05) is 0 Å². The highest BCUT2D eigenvalue weighted by atomic mass is 16.5. The molecule has 4 heteroatoms. The Morgan fingerprint density at radius 1 is 1.62 bits per heavy atom. The number of amides is 1. The summed E-state index contributed by atoms with van der Waals surface area (Å²) in [5.41, 5.74) is -0.831. The molecule has 4 nitrogen and oxygen atoms in total. The number of ether oxygens (including phenoxy) is 1. The van der Waals surface area contributed by atoms with Gasteiger partial charge in [-0.15, -0.1) is 0 Å². The normalized spacial score (nSPS) is 24.4. The van der Waals surface area contributed by atoms with Crippen molar-refractivity contribution in [3.8, 4) is 0 Å². The maximum Gasteiger partial charge on any atom is 0.249 e. The lowest BCUT2D eigenvalue weighted by Gasteiger charge is -2.26. The van der Waals surface area contributed by atoms with Crippen LogP contribution in [-0.4, -0.2) is 35.9 Å². The second-order valence-electron chi connectivity index (χ2n) is 5.31. The molecule has 2 N–H and O–H groups in total. The largest absolute Gasteiger partial charge is 0.388 e. The molecule has 0 bridgehead atoms. The Balaban J connectivity index is 2.29. The maximum atomic E-state index is 11.6. The van der Waals surface area contributed by atoms with E-state index in [-0.39, 0.29) is 12.0 Å². The van der Waals surface area contributed by atoms with E-state index in [0.29, 0.717) is 25.5 Å². The first-order valence-electron chi connectivity index (χ1n) is 6.02. The number of nitrogens with one attached hydrogen (secondary N) is 1. The Morgan fingerprint density at radius 2 is 2.31 bits per heavy atom. The van der Waals surface area contributed by atoms with Crippen molar-refractivity contribution in [2.45, 2.75) is 51.7 Å². The predicted octanol–water partition coefficient (Wildman–Crippen LogP) is 1.08. The van der Waals surface area contributed by atoms with Crippen LogP contribution in [0.2, 0.25) is 0 Å². The topological polar surface area (TPSA) is 58.6 Å². The van der Waals surface area contributed by atoms with E-state index >= 15 is 0 Å². The third kappa shape index (κ3) is 4.49. The van der Waals surface area contributed by atoms with Crippen molar-refractivity contribution >= 4 is 5.91 Å². The molecule has 0 radical (unpaired) electrons. The van der Waals surface area contributed by atoms with E-state index in [1.54, 1.807) is 6.92 Å². The molecule has 1 aliphatic rings. The Morgan fingerprint density at radius 3 is 2.81 bits per heavy atom. The second-order valence-corrected chi connectivity index (χ2v) is 5.31. The molecule has 0 aromatic rings. The fourth-order valence-corrected chi connectivity index (χ4v) is 2.13. The van der Waals surface area contributed by atoms with Crippen molar-refractivity contribution in [3.63, 3.8) is 0 Å². The van der Waals surface area contributed by atoms with Gasteiger partial charge in [0.05, 0.1) is 5.60 Å². The predicted molar refractivity (Wildman–Crippen MR) is 62.1 cm³/mol. The van der Waals surface area contributed by atoms with Gasteiger partial charge in [0.25, 0.3) is 0 Å². The molecule has 1 fully saturated rings. The number of hydrogen-bond acceptors (Lipinski definition) is 3. The molecule has 2 unspecified atom stereocenters. The van der Waals surface area contributed by atoms with Gasteiger partial charge in [-0.1, -0.05) is 13.8 Å². The molecule has 1 aliphatic heterocycles. The summed E-state index contributed by atoms with van der Waals surface area (Å²) in [4.78, 5) is 11.6. The zero-order chi connectivity index (χ0) is 12.2. The smallest absolute Gasteiger partial charge is 0.249 e. The number of rotatable bonds is 5. The maximum absolute atomic E-state index is 11.6. The molecule has 0 spiro atoms. The molecular formula is C12H23NO3. The van der Waals surface area contributed by atoms with E-state index in [9.17, 15) is 9.90 Å². The summed E-state index contributed by atoms with van der Waals surface area (Å²) in [6.45, 7) is 6.82. The van der Waals surface area contributed by atoms with Crippen LogP contribution in [0.25, 0.3) is 0 Å². The highest BCUT2D eigenvalue weighted by Gasteiger charge is 2.27. The van der Waals surface area contributed by atoms with Gasteiger partial charge < -0.3 is 15.2 Å². The van der Waals surface area contributed by atoms with Gasteiger partial charge in [0, 0.05) is 13.2 Å². The molecule has 1 saturated heterocycles. The lowest BCUT2D eigenvalue weighted by molar-refractivity contribution is -0.131. The van der Waals surface area contributed by atoms with E-state index < -0.39 is 5.60 Å². The van der Waals surface area contributed by atoms with E-state index in [0.717, 1.165) is 12.8 Å². The molecule has 0 aliphatic carbocycles. The van der Waals surface area contributed by atoms with Crippen LogP contribution in [0.15, 0.2) is 0 Å². The van der Waals surface area contributed by atoms with Crippen LogP contribution in [0.5, 0.6) is 0 Å². The minimum atomic E-state index is -0.831. The Bertz CT molecular complexity index is 232. The Hall–Kier alpha value is -0.610. The molecule has 1 amide bonds. The lowest BCUT2D eigenvalue weighted by atomic mass is 9.94. The summed E-state index contributed by atoms with van der Waals surface area (Å²) < 4.78 is 5.27. The van der Waals surface area contributed by atoms with Gasteiger partial charge in [0.2, 0.25) is 5.91 Å². The first kappa shape index (κ1) is 13.5. The third-order valence-corrected chi connectivity index (χ3v) is 2.71. The molecule has 0 aromatic heterocycles. The van der Waals surface area contributed by atoms with Crippen molar-refractivity contribution in [3.05, 3.63) is 0 Å². The van der Waals surface area contributed by atoms with Gasteiger partial charge in [-0.25, -0.2) is 0 Å². The fraction of sp³-hybridized carbons (Fsp3) is 0.917. The zero-order valence-electron chi connectivity index (χ0n) is 10.5. The van der Waals surface area contributed by atoms with Gasteiger partial charge in [0.15, 0.2) is 0 Å². The Kier molecular flexibility index (Phi) is 4.74. The molecule has 16 heavy (non-hydrogen) atoms. The van der Waals surface area contributed by atoms with Crippen LogP contribution in [0.4, 0.5) is 0 Å². The number of hydrogen-bond donors (Lipinski definition) is 2. The lowest BCUT2D eigenvalue weighted by Crippen LogP contribution is -2.44. The average molecular weight is 229 g/mol. The second kappa shape index (κ2) is 5.64.